The molecule has 2 heterocycles. The molecule has 4 aromatic carbocycles. The summed E-state index contributed by atoms with van der Waals surface area (Å²) >= 11 is 0. The van der Waals surface area contributed by atoms with Gasteiger partial charge in [-0.3, -0.25) is 0 Å². The lowest BCUT2D eigenvalue weighted by atomic mass is 9.81. The van der Waals surface area contributed by atoms with E-state index in [0.29, 0.717) is 11.1 Å². The molecule has 0 aromatic heterocycles. The van der Waals surface area contributed by atoms with Gasteiger partial charge in [-0.1, -0.05) is 48.5 Å². The second-order valence-corrected chi connectivity index (χ2v) is 16.1. The van der Waals surface area contributed by atoms with Crippen LogP contribution in [-0.2, 0) is 9.47 Å². The first-order valence-electron chi connectivity index (χ1n) is 16.5. The van der Waals surface area contributed by atoms with E-state index in [2.05, 4.69) is 72.1 Å². The van der Waals surface area contributed by atoms with Gasteiger partial charge in [-0.05, 0) is 112 Å². The molecule has 6 rings (SSSR count). The second kappa shape index (κ2) is 11.5. The fourth-order valence-corrected chi connectivity index (χ4v) is 8.34. The summed E-state index contributed by atoms with van der Waals surface area (Å²) in [5.41, 5.74) is 1.86. The number of rotatable bonds is 5. The van der Waals surface area contributed by atoms with E-state index in [1.54, 1.807) is 0 Å². The molecule has 0 amide bonds. The van der Waals surface area contributed by atoms with Gasteiger partial charge in [0.15, 0.2) is 0 Å². The Morgan fingerprint density at radius 3 is 1.52 bits per heavy atom. The van der Waals surface area contributed by atoms with Crippen molar-refractivity contribution in [1.29, 1.82) is 0 Å². The molecule has 2 fully saturated rings. The topological polar surface area (TPSA) is 76.7 Å². The van der Waals surface area contributed by atoms with Gasteiger partial charge in [-0.2, -0.15) is 0 Å². The van der Waals surface area contributed by atoms with Crippen LogP contribution < -0.4 is 10.6 Å². The number of carbonyl (C=O) groups is 2. The fraction of sp³-hybridized carbons (Fsp3) is 0.450. The van der Waals surface area contributed by atoms with E-state index in [1.807, 2.05) is 66.7 Å². The summed E-state index contributed by atoms with van der Waals surface area (Å²) < 4.78 is 12.5. The van der Waals surface area contributed by atoms with E-state index < -0.39 is 0 Å². The summed E-state index contributed by atoms with van der Waals surface area (Å²) in [5.74, 6) is -0.698. The fourth-order valence-electron chi connectivity index (χ4n) is 8.34. The smallest absolute Gasteiger partial charge is 0.339 e. The first-order chi connectivity index (χ1) is 21.5. The van der Waals surface area contributed by atoms with Crippen LogP contribution in [0.25, 0.3) is 32.7 Å². The van der Waals surface area contributed by atoms with Crippen molar-refractivity contribution in [3.63, 3.8) is 0 Å². The molecule has 0 spiro atoms. The molecule has 0 saturated carbocycles. The second-order valence-electron chi connectivity index (χ2n) is 16.1. The van der Waals surface area contributed by atoms with Crippen molar-refractivity contribution in [2.45, 2.75) is 115 Å². The van der Waals surface area contributed by atoms with Crippen molar-refractivity contribution in [1.82, 2.24) is 10.6 Å². The Bertz CT molecular complexity index is 1790. The van der Waals surface area contributed by atoms with Gasteiger partial charge in [0.25, 0.3) is 0 Å². The van der Waals surface area contributed by atoms with Crippen LogP contribution in [0.5, 0.6) is 0 Å². The molecule has 2 aliphatic rings. The maximum Gasteiger partial charge on any atom is 0.339 e. The van der Waals surface area contributed by atoms with Crippen molar-refractivity contribution in [3.05, 3.63) is 83.9 Å². The molecule has 0 radical (unpaired) electrons. The van der Waals surface area contributed by atoms with E-state index in [9.17, 15) is 9.59 Å². The van der Waals surface area contributed by atoms with E-state index >= 15 is 0 Å². The van der Waals surface area contributed by atoms with Crippen molar-refractivity contribution >= 4 is 33.5 Å². The molecule has 46 heavy (non-hydrogen) atoms. The molecule has 2 N–H and O–H groups in total. The van der Waals surface area contributed by atoms with Gasteiger partial charge in [0, 0.05) is 47.8 Å². The molecule has 0 aliphatic carbocycles. The Kier molecular flexibility index (Phi) is 8.05. The van der Waals surface area contributed by atoms with E-state index in [0.717, 1.165) is 58.4 Å². The van der Waals surface area contributed by atoms with Gasteiger partial charge >= 0.3 is 11.9 Å². The zero-order chi connectivity index (χ0) is 33.1. The molecule has 2 saturated heterocycles. The van der Waals surface area contributed by atoms with Gasteiger partial charge in [-0.15, -0.1) is 0 Å². The Morgan fingerprint density at radius 2 is 1.00 bits per heavy atom. The number of ether oxygens (including phenoxy) is 2. The number of benzene rings is 4. The summed E-state index contributed by atoms with van der Waals surface area (Å²) in [4.78, 5) is 28.1. The molecule has 2 aliphatic heterocycles. The predicted molar refractivity (Wildman–Crippen MR) is 186 cm³/mol. The van der Waals surface area contributed by atoms with E-state index in [1.165, 1.54) is 0 Å². The molecule has 0 unspecified atom stereocenters. The maximum atomic E-state index is 14.1. The predicted octanol–water partition coefficient (Wildman–Crippen LogP) is 8.59. The van der Waals surface area contributed by atoms with Crippen LogP contribution in [0.2, 0.25) is 0 Å². The third-order valence-corrected chi connectivity index (χ3v) is 9.35. The van der Waals surface area contributed by atoms with Crippen LogP contribution >= 0.6 is 0 Å². The monoisotopic (exact) mass is 620 g/mol. The first kappa shape index (κ1) is 32.2. The highest BCUT2D eigenvalue weighted by Gasteiger charge is 2.41. The quantitative estimate of drug-likeness (QED) is 0.218. The number of esters is 2. The van der Waals surface area contributed by atoms with Crippen molar-refractivity contribution < 1.29 is 19.1 Å². The molecule has 242 valence electrons. The Balaban J connectivity index is 1.41. The zero-order valence-corrected chi connectivity index (χ0v) is 28.5. The van der Waals surface area contributed by atoms with Gasteiger partial charge in [0.2, 0.25) is 0 Å². The van der Waals surface area contributed by atoms with Crippen LogP contribution in [0.4, 0.5) is 0 Å². The zero-order valence-electron chi connectivity index (χ0n) is 28.5. The van der Waals surface area contributed by atoms with Crippen LogP contribution in [-0.4, -0.2) is 46.3 Å². The molecule has 4 aromatic rings. The van der Waals surface area contributed by atoms with Gasteiger partial charge in [0.05, 0.1) is 11.1 Å². The summed E-state index contributed by atoms with van der Waals surface area (Å²) in [6, 6.07) is 23.8. The lowest BCUT2D eigenvalue weighted by molar-refractivity contribution is -0.00747. The SMILES string of the molecule is CC1(C)CC(OC(=O)c2cc3ccccc3cc2-c2cc(C(=O)OC3CC(C)(C)NC(C)(C)C3)c3ccccc3c2)CC(C)(C)N1. The highest BCUT2D eigenvalue weighted by Crippen LogP contribution is 2.37. The third kappa shape index (κ3) is 6.98. The van der Waals surface area contributed by atoms with E-state index in [4.69, 9.17) is 9.47 Å². The minimum atomic E-state index is -0.351. The Labute approximate surface area is 273 Å². The van der Waals surface area contributed by atoms with Gasteiger partial charge < -0.3 is 20.1 Å². The summed E-state index contributed by atoms with van der Waals surface area (Å²) in [5, 5.41) is 11.0. The highest BCUT2D eigenvalue weighted by atomic mass is 16.5. The summed E-state index contributed by atoms with van der Waals surface area (Å²) in [6.07, 6.45) is 2.46. The van der Waals surface area contributed by atoms with Crippen molar-refractivity contribution in [2.24, 2.45) is 0 Å². The van der Waals surface area contributed by atoms with Gasteiger partial charge in [-0.25, -0.2) is 9.59 Å². The molecule has 6 heteroatoms. The molecule has 6 nitrogen and oxygen atoms in total. The minimum absolute atomic E-state index is 0.157. The lowest BCUT2D eigenvalue weighted by Crippen LogP contribution is -2.59. The van der Waals surface area contributed by atoms with Crippen LogP contribution in [0, 0.1) is 0 Å². The highest BCUT2D eigenvalue weighted by molar-refractivity contribution is 6.09. The van der Waals surface area contributed by atoms with Gasteiger partial charge in [0.1, 0.15) is 12.2 Å². The standard InChI is InChI=1S/C40H48N2O4/c1-37(2)21-29(22-38(3,4)41-37)45-35(43)33-20-28(17-27-15-11-12-16-31(27)33)32-18-25-13-9-10-14-26(25)19-34(32)36(44)46-30-23-39(5,6)42-40(7,8)24-30/h9-20,29-30,41-42H,21-24H2,1-8H3. The maximum absolute atomic E-state index is 14.1. The van der Waals surface area contributed by atoms with E-state index in [-0.39, 0.29) is 46.3 Å². The average molecular weight is 621 g/mol. The van der Waals surface area contributed by atoms with Crippen molar-refractivity contribution in [2.75, 3.05) is 0 Å². The molecular formula is C40H48N2O4. The average Bonchev–Trinajstić information content (AvgIpc) is 2.92. The normalized spacial score (nSPS) is 20.8. The lowest BCUT2D eigenvalue weighted by Gasteiger charge is -2.45. The van der Waals surface area contributed by atoms with Crippen LogP contribution in [0.15, 0.2) is 72.8 Å². The van der Waals surface area contributed by atoms with Crippen molar-refractivity contribution in [3.8, 4) is 11.1 Å². The van der Waals surface area contributed by atoms with Crippen LogP contribution in [0.3, 0.4) is 0 Å². The number of hydrogen-bond donors (Lipinski definition) is 2. The number of piperidine rings is 2. The largest absolute Gasteiger partial charge is 0.459 e. The number of carbonyl (C=O) groups excluding carboxylic acids is 2. The Hall–Kier alpha value is -3.74. The van der Waals surface area contributed by atoms with Crippen LogP contribution in [0.1, 0.15) is 102 Å². The summed E-state index contributed by atoms with van der Waals surface area (Å²) in [7, 11) is 0. The molecule has 0 atom stereocenters. The third-order valence-electron chi connectivity index (χ3n) is 9.35. The first-order valence-corrected chi connectivity index (χ1v) is 16.5. The Morgan fingerprint density at radius 1 is 0.565 bits per heavy atom. The number of fused-ring (bicyclic) bond motifs is 2. The molecular weight excluding hydrogens is 572 g/mol. The summed E-state index contributed by atoms with van der Waals surface area (Å²) in [6.45, 7) is 17.2. The minimum Gasteiger partial charge on any atom is -0.459 e. The molecule has 0 bridgehead atoms. The number of nitrogens with one attached hydrogen (secondary N) is 2. The number of hydrogen-bond acceptors (Lipinski definition) is 6.